The van der Waals surface area contributed by atoms with Crippen molar-refractivity contribution in [1.82, 2.24) is 9.80 Å². The Morgan fingerprint density at radius 1 is 1.04 bits per heavy atom. The number of carbonyl (C=O) groups excluding carboxylic acids is 1. The molecule has 2 aliphatic rings. The van der Waals surface area contributed by atoms with Crippen molar-refractivity contribution in [3.63, 3.8) is 0 Å². The molecule has 6 heteroatoms. The van der Waals surface area contributed by atoms with Gasteiger partial charge in [-0.1, -0.05) is 24.3 Å². The van der Waals surface area contributed by atoms with Crippen molar-refractivity contribution in [2.45, 2.75) is 18.0 Å². The van der Waals surface area contributed by atoms with Crippen molar-refractivity contribution in [3.8, 4) is 11.5 Å². The fourth-order valence-corrected chi connectivity index (χ4v) is 4.00. The van der Waals surface area contributed by atoms with E-state index >= 15 is 0 Å². The number of rotatable bonds is 5. The van der Waals surface area contributed by atoms with Crippen molar-refractivity contribution < 1.29 is 14.3 Å². The second kappa shape index (κ2) is 7.60. The van der Waals surface area contributed by atoms with Crippen LogP contribution < -0.4 is 9.47 Å². The first-order valence-electron chi connectivity index (χ1n) is 8.73. The lowest BCUT2D eigenvalue weighted by Crippen LogP contribution is -2.49. The summed E-state index contributed by atoms with van der Waals surface area (Å²) in [6.07, 6.45) is 2.09. The third-order valence-corrected chi connectivity index (χ3v) is 5.63. The van der Waals surface area contributed by atoms with Crippen LogP contribution in [0.3, 0.4) is 0 Å². The number of benzene rings is 2. The molecule has 2 aromatic rings. The lowest BCUT2D eigenvalue weighted by molar-refractivity contribution is -0.136. The fourth-order valence-electron chi connectivity index (χ4n) is 3.39. The molecular formula is C20H22N2O3S. The molecule has 0 atom stereocenters. The van der Waals surface area contributed by atoms with Crippen LogP contribution in [0.25, 0.3) is 0 Å². The highest BCUT2D eigenvalue weighted by Crippen LogP contribution is 2.33. The largest absolute Gasteiger partial charge is 0.454 e. The van der Waals surface area contributed by atoms with E-state index in [4.69, 9.17) is 9.47 Å². The maximum absolute atomic E-state index is 12.6. The van der Waals surface area contributed by atoms with Gasteiger partial charge in [0.1, 0.15) is 0 Å². The summed E-state index contributed by atoms with van der Waals surface area (Å²) in [7, 11) is 0. The van der Waals surface area contributed by atoms with E-state index in [2.05, 4.69) is 35.4 Å². The van der Waals surface area contributed by atoms with Crippen LogP contribution in [-0.4, -0.2) is 48.4 Å². The standard InChI is InChI=1S/C20H22N2O3S/c1-26-19-5-3-2-4-16(19)12-21-8-9-22(20(23)13-21)11-15-6-7-17-18(10-15)25-14-24-17/h2-7,10H,8-9,11-14H2,1H3. The molecule has 0 saturated carbocycles. The molecule has 0 spiro atoms. The third-order valence-electron chi connectivity index (χ3n) is 4.79. The van der Waals surface area contributed by atoms with Gasteiger partial charge < -0.3 is 14.4 Å². The molecule has 0 aliphatic carbocycles. The molecule has 26 heavy (non-hydrogen) atoms. The normalized spacial score (nSPS) is 17.0. The molecule has 5 nitrogen and oxygen atoms in total. The molecule has 0 bridgehead atoms. The zero-order chi connectivity index (χ0) is 17.9. The minimum Gasteiger partial charge on any atom is -0.454 e. The minimum atomic E-state index is 0.176. The van der Waals surface area contributed by atoms with Crippen molar-refractivity contribution in [1.29, 1.82) is 0 Å². The summed E-state index contributed by atoms with van der Waals surface area (Å²) in [5, 5.41) is 0. The number of carbonyl (C=O) groups is 1. The second-order valence-corrected chi connectivity index (χ2v) is 7.37. The summed E-state index contributed by atoms with van der Waals surface area (Å²) in [5.74, 6) is 1.72. The molecule has 1 amide bonds. The third kappa shape index (κ3) is 3.66. The van der Waals surface area contributed by atoms with Crippen LogP contribution in [0.15, 0.2) is 47.4 Å². The van der Waals surface area contributed by atoms with E-state index in [1.807, 2.05) is 23.1 Å². The summed E-state index contributed by atoms with van der Waals surface area (Å²) < 4.78 is 10.8. The lowest BCUT2D eigenvalue weighted by Gasteiger charge is -2.34. The zero-order valence-corrected chi connectivity index (χ0v) is 15.6. The molecule has 0 N–H and O–H groups in total. The van der Waals surface area contributed by atoms with Gasteiger partial charge in [0.2, 0.25) is 12.7 Å². The van der Waals surface area contributed by atoms with Crippen LogP contribution in [-0.2, 0) is 17.9 Å². The van der Waals surface area contributed by atoms with Crippen molar-refractivity contribution >= 4 is 17.7 Å². The Labute approximate surface area is 157 Å². The topological polar surface area (TPSA) is 42.0 Å². The Morgan fingerprint density at radius 2 is 1.88 bits per heavy atom. The van der Waals surface area contributed by atoms with Crippen LogP contribution in [0.4, 0.5) is 0 Å². The van der Waals surface area contributed by atoms with Crippen LogP contribution >= 0.6 is 11.8 Å². The summed E-state index contributed by atoms with van der Waals surface area (Å²) in [6.45, 7) is 3.81. The first kappa shape index (κ1) is 17.2. The van der Waals surface area contributed by atoms with E-state index in [1.165, 1.54) is 10.5 Å². The van der Waals surface area contributed by atoms with Gasteiger partial charge in [-0.3, -0.25) is 9.69 Å². The average Bonchev–Trinajstić information content (AvgIpc) is 3.12. The maximum Gasteiger partial charge on any atom is 0.237 e. The summed E-state index contributed by atoms with van der Waals surface area (Å²) in [5.41, 5.74) is 2.36. The van der Waals surface area contributed by atoms with E-state index in [9.17, 15) is 4.79 Å². The number of ether oxygens (including phenoxy) is 2. The van der Waals surface area contributed by atoms with Crippen LogP contribution in [0.1, 0.15) is 11.1 Å². The number of thioether (sulfide) groups is 1. The predicted octanol–water partition coefficient (Wildman–Crippen LogP) is 2.98. The Balaban J connectivity index is 1.37. The molecule has 2 heterocycles. The number of hydrogen-bond donors (Lipinski definition) is 0. The molecule has 0 aromatic heterocycles. The van der Waals surface area contributed by atoms with Gasteiger partial charge >= 0.3 is 0 Å². The quantitative estimate of drug-likeness (QED) is 0.757. The number of fused-ring (bicyclic) bond motifs is 1. The van der Waals surface area contributed by atoms with Gasteiger partial charge in [0.25, 0.3) is 0 Å². The molecule has 136 valence electrons. The highest BCUT2D eigenvalue weighted by atomic mass is 32.2. The first-order chi connectivity index (χ1) is 12.7. The molecule has 1 saturated heterocycles. The molecule has 2 aromatic carbocycles. The molecule has 4 rings (SSSR count). The molecule has 2 aliphatic heterocycles. The number of piperazine rings is 1. The Hall–Kier alpha value is -2.18. The van der Waals surface area contributed by atoms with Gasteiger partial charge in [-0.05, 0) is 35.6 Å². The average molecular weight is 370 g/mol. The van der Waals surface area contributed by atoms with Gasteiger partial charge in [-0.15, -0.1) is 11.8 Å². The van der Waals surface area contributed by atoms with Crippen molar-refractivity contribution in [2.24, 2.45) is 0 Å². The number of nitrogens with zero attached hydrogens (tertiary/aromatic N) is 2. The molecule has 1 fully saturated rings. The SMILES string of the molecule is CSc1ccccc1CN1CCN(Cc2ccc3c(c2)OCO3)C(=O)C1. The van der Waals surface area contributed by atoms with Crippen LogP contribution in [0.5, 0.6) is 11.5 Å². The van der Waals surface area contributed by atoms with E-state index in [1.54, 1.807) is 11.8 Å². The molecule has 0 unspecified atom stereocenters. The minimum absolute atomic E-state index is 0.176. The van der Waals surface area contributed by atoms with Crippen LogP contribution in [0, 0.1) is 0 Å². The summed E-state index contributed by atoms with van der Waals surface area (Å²) >= 11 is 1.75. The lowest BCUT2D eigenvalue weighted by atomic mass is 10.1. The smallest absolute Gasteiger partial charge is 0.237 e. The number of amides is 1. The highest BCUT2D eigenvalue weighted by Gasteiger charge is 2.25. The Bertz CT molecular complexity index is 811. The van der Waals surface area contributed by atoms with E-state index in [-0.39, 0.29) is 12.7 Å². The van der Waals surface area contributed by atoms with Gasteiger partial charge in [0.05, 0.1) is 6.54 Å². The summed E-state index contributed by atoms with van der Waals surface area (Å²) in [4.78, 5) is 18.0. The summed E-state index contributed by atoms with van der Waals surface area (Å²) in [6, 6.07) is 14.3. The van der Waals surface area contributed by atoms with E-state index in [0.717, 1.165) is 36.7 Å². The maximum atomic E-state index is 12.6. The first-order valence-corrected chi connectivity index (χ1v) is 9.96. The van der Waals surface area contributed by atoms with Gasteiger partial charge in [-0.25, -0.2) is 0 Å². The highest BCUT2D eigenvalue weighted by molar-refractivity contribution is 7.98. The fraction of sp³-hybridized carbons (Fsp3) is 0.350. The predicted molar refractivity (Wildman–Crippen MR) is 101 cm³/mol. The van der Waals surface area contributed by atoms with Gasteiger partial charge in [0.15, 0.2) is 11.5 Å². The Kier molecular flexibility index (Phi) is 5.04. The second-order valence-electron chi connectivity index (χ2n) is 6.53. The molecular weight excluding hydrogens is 348 g/mol. The van der Waals surface area contributed by atoms with Crippen LogP contribution in [0.2, 0.25) is 0 Å². The zero-order valence-electron chi connectivity index (χ0n) is 14.8. The van der Waals surface area contributed by atoms with E-state index in [0.29, 0.717) is 13.1 Å². The monoisotopic (exact) mass is 370 g/mol. The van der Waals surface area contributed by atoms with Crippen molar-refractivity contribution in [3.05, 3.63) is 53.6 Å². The van der Waals surface area contributed by atoms with Gasteiger partial charge in [0, 0.05) is 31.1 Å². The molecule has 0 radical (unpaired) electrons. The Morgan fingerprint density at radius 3 is 2.73 bits per heavy atom. The van der Waals surface area contributed by atoms with Gasteiger partial charge in [-0.2, -0.15) is 0 Å². The van der Waals surface area contributed by atoms with E-state index < -0.39 is 0 Å². The number of hydrogen-bond acceptors (Lipinski definition) is 5. The van der Waals surface area contributed by atoms with Crippen molar-refractivity contribution in [2.75, 3.05) is 32.7 Å².